The van der Waals surface area contributed by atoms with Crippen molar-refractivity contribution >= 4 is 28.9 Å². The summed E-state index contributed by atoms with van der Waals surface area (Å²) in [6.45, 7) is 3.98. The molecule has 0 saturated carbocycles. The van der Waals surface area contributed by atoms with Gasteiger partial charge >= 0.3 is 0 Å². The van der Waals surface area contributed by atoms with Crippen molar-refractivity contribution in [1.82, 2.24) is 10.2 Å². The van der Waals surface area contributed by atoms with Gasteiger partial charge < -0.3 is 20.1 Å². The average Bonchev–Trinajstić information content (AvgIpc) is 3.23. The van der Waals surface area contributed by atoms with Crippen molar-refractivity contribution in [3.05, 3.63) is 52.7 Å². The van der Waals surface area contributed by atoms with Crippen molar-refractivity contribution in [3.8, 4) is 34.6 Å². The van der Waals surface area contributed by atoms with Gasteiger partial charge in [0.15, 0.2) is 0 Å². The van der Waals surface area contributed by atoms with Gasteiger partial charge in [0.2, 0.25) is 0 Å². The van der Waals surface area contributed by atoms with Crippen LogP contribution in [0.2, 0.25) is 5.02 Å². The van der Waals surface area contributed by atoms with E-state index >= 15 is 0 Å². The number of H-pyrrole nitrogens is 1. The first-order chi connectivity index (χ1) is 15.0. The molecule has 0 aliphatic rings. The van der Waals surface area contributed by atoms with Crippen LogP contribution in [-0.2, 0) is 11.3 Å². The second kappa shape index (κ2) is 9.92. The minimum absolute atomic E-state index is 0.371. The summed E-state index contributed by atoms with van der Waals surface area (Å²) in [6, 6.07) is 11.1. The highest BCUT2D eigenvalue weighted by Gasteiger charge is 2.16. The fourth-order valence-electron chi connectivity index (χ4n) is 3.13. The lowest BCUT2D eigenvalue weighted by Gasteiger charge is -2.16. The summed E-state index contributed by atoms with van der Waals surface area (Å²) in [5, 5.41) is 14.0. The molecule has 8 heteroatoms. The fraction of sp³-hybridized carbons (Fsp3) is 0.217. The summed E-state index contributed by atoms with van der Waals surface area (Å²) < 4.78 is 10.8. The molecule has 3 rings (SSSR count). The number of methoxy groups -OCH3 is 2. The number of aromatic nitrogens is 2. The third-order valence-electron chi connectivity index (χ3n) is 4.66. The Kier molecular flexibility index (Phi) is 7.06. The smallest absolute Gasteiger partial charge is 0.300 e. The number of ether oxygens (including phenoxy) is 2. The van der Waals surface area contributed by atoms with E-state index in [1.165, 1.54) is 0 Å². The maximum absolute atomic E-state index is 11.9. The van der Waals surface area contributed by atoms with E-state index in [1.807, 2.05) is 37.3 Å². The molecule has 7 nitrogen and oxygen atoms in total. The molecule has 3 N–H and O–H groups in total. The van der Waals surface area contributed by atoms with E-state index in [9.17, 15) is 4.79 Å². The molecule has 1 amide bonds. The lowest BCUT2D eigenvalue weighted by atomic mass is 10.1. The number of halogens is 1. The standard InChI is InChI=1S/C23H23ClN4O3/c1-5-8-21(29)26-17-10-7-6-9-16(17)18-11-15(27-28-18)13-25-23-14(2)19(30-3)12-20(31-4)22(23)24/h6-7,9-12,25H,13H2,1-4H3,(H,26,29)(H,27,28). The minimum atomic E-state index is -0.371. The van der Waals surface area contributed by atoms with E-state index in [2.05, 4.69) is 32.7 Å². The number of carbonyl (C=O) groups excluding carboxylic acids is 1. The lowest BCUT2D eigenvalue weighted by Crippen LogP contribution is -2.09. The number of anilines is 2. The lowest BCUT2D eigenvalue weighted by molar-refractivity contribution is -0.111. The second-order valence-electron chi connectivity index (χ2n) is 6.60. The molecular formula is C23H23ClN4O3. The number of para-hydroxylation sites is 1. The monoisotopic (exact) mass is 438 g/mol. The van der Waals surface area contributed by atoms with Gasteiger partial charge in [-0.05, 0) is 31.9 Å². The number of aromatic amines is 1. The SMILES string of the molecule is CC#CC(=O)Nc1ccccc1-c1cc(CNc2c(C)c(OC)cc(OC)c2Cl)[nH]n1. The zero-order valence-corrected chi connectivity index (χ0v) is 18.5. The van der Waals surface area contributed by atoms with Crippen LogP contribution in [0.4, 0.5) is 11.4 Å². The molecular weight excluding hydrogens is 416 g/mol. The van der Waals surface area contributed by atoms with Crippen molar-refractivity contribution in [2.75, 3.05) is 24.9 Å². The quantitative estimate of drug-likeness (QED) is 0.468. The topological polar surface area (TPSA) is 88.3 Å². The summed E-state index contributed by atoms with van der Waals surface area (Å²) >= 11 is 6.49. The Labute approximate surface area is 186 Å². The fourth-order valence-corrected chi connectivity index (χ4v) is 3.47. The Balaban J connectivity index is 1.82. The summed E-state index contributed by atoms with van der Waals surface area (Å²) in [5.41, 5.74) is 4.55. The van der Waals surface area contributed by atoms with Crippen molar-refractivity contribution < 1.29 is 14.3 Å². The van der Waals surface area contributed by atoms with Crippen molar-refractivity contribution in [2.24, 2.45) is 0 Å². The molecule has 0 aliphatic carbocycles. The molecule has 0 unspecified atom stereocenters. The third kappa shape index (κ3) is 4.93. The molecule has 0 bridgehead atoms. The van der Waals surface area contributed by atoms with Crippen LogP contribution in [0.3, 0.4) is 0 Å². The van der Waals surface area contributed by atoms with Crippen LogP contribution in [0.25, 0.3) is 11.3 Å². The summed E-state index contributed by atoms with van der Waals surface area (Å²) in [4.78, 5) is 11.9. The number of benzene rings is 2. The highest BCUT2D eigenvalue weighted by Crippen LogP contribution is 2.40. The Hall–Kier alpha value is -3.63. The van der Waals surface area contributed by atoms with Crippen LogP contribution in [0.5, 0.6) is 11.5 Å². The van der Waals surface area contributed by atoms with Gasteiger partial charge in [0.25, 0.3) is 5.91 Å². The van der Waals surface area contributed by atoms with Gasteiger partial charge in [-0.15, -0.1) is 0 Å². The van der Waals surface area contributed by atoms with Crippen LogP contribution >= 0.6 is 11.6 Å². The van der Waals surface area contributed by atoms with Crippen molar-refractivity contribution in [3.63, 3.8) is 0 Å². The molecule has 3 aromatic rings. The van der Waals surface area contributed by atoms with Crippen LogP contribution < -0.4 is 20.1 Å². The van der Waals surface area contributed by atoms with Gasteiger partial charge in [-0.3, -0.25) is 9.89 Å². The highest BCUT2D eigenvalue weighted by atomic mass is 35.5. The summed E-state index contributed by atoms with van der Waals surface area (Å²) in [7, 11) is 3.16. The molecule has 1 aromatic heterocycles. The zero-order valence-electron chi connectivity index (χ0n) is 17.7. The largest absolute Gasteiger partial charge is 0.496 e. The van der Waals surface area contributed by atoms with Crippen LogP contribution in [-0.4, -0.2) is 30.3 Å². The van der Waals surface area contributed by atoms with E-state index in [4.69, 9.17) is 21.1 Å². The molecule has 0 atom stereocenters. The number of nitrogens with one attached hydrogen (secondary N) is 3. The average molecular weight is 439 g/mol. The predicted molar refractivity (Wildman–Crippen MR) is 123 cm³/mol. The van der Waals surface area contributed by atoms with Crippen molar-refractivity contribution in [1.29, 1.82) is 0 Å². The van der Waals surface area contributed by atoms with E-state index in [1.54, 1.807) is 27.2 Å². The third-order valence-corrected chi connectivity index (χ3v) is 5.03. The first-order valence-electron chi connectivity index (χ1n) is 9.50. The van der Waals surface area contributed by atoms with E-state index in [-0.39, 0.29) is 5.91 Å². The van der Waals surface area contributed by atoms with Gasteiger partial charge in [-0.1, -0.05) is 35.7 Å². The molecule has 160 valence electrons. The normalized spacial score (nSPS) is 10.1. The Morgan fingerprint density at radius 2 is 1.94 bits per heavy atom. The first kappa shape index (κ1) is 22.1. The van der Waals surface area contributed by atoms with Gasteiger partial charge in [-0.2, -0.15) is 5.10 Å². The van der Waals surface area contributed by atoms with Gasteiger partial charge in [0, 0.05) is 17.2 Å². The van der Waals surface area contributed by atoms with Gasteiger partial charge in [-0.25, -0.2) is 0 Å². The van der Waals surface area contributed by atoms with Crippen molar-refractivity contribution in [2.45, 2.75) is 20.4 Å². The summed E-state index contributed by atoms with van der Waals surface area (Å²) in [5.74, 6) is 5.89. The Bertz CT molecular complexity index is 1130. The van der Waals surface area contributed by atoms with Gasteiger partial charge in [0.1, 0.15) is 16.5 Å². The predicted octanol–water partition coefficient (Wildman–Crippen LogP) is 4.63. The summed E-state index contributed by atoms with van der Waals surface area (Å²) in [6.07, 6.45) is 0. The van der Waals surface area contributed by atoms with Gasteiger partial charge in [0.05, 0.1) is 43.5 Å². The number of hydrogen-bond donors (Lipinski definition) is 3. The minimum Gasteiger partial charge on any atom is -0.496 e. The molecule has 2 aromatic carbocycles. The van der Waals surface area contributed by atoms with Crippen LogP contribution in [0, 0.1) is 18.8 Å². The number of rotatable bonds is 7. The number of carbonyl (C=O) groups is 1. The molecule has 0 spiro atoms. The molecule has 0 radical (unpaired) electrons. The first-order valence-corrected chi connectivity index (χ1v) is 9.88. The van der Waals surface area contributed by atoms with E-state index in [0.29, 0.717) is 34.4 Å². The molecule has 0 aliphatic heterocycles. The number of hydrogen-bond acceptors (Lipinski definition) is 5. The maximum Gasteiger partial charge on any atom is 0.300 e. The second-order valence-corrected chi connectivity index (χ2v) is 6.98. The molecule has 31 heavy (non-hydrogen) atoms. The Morgan fingerprint density at radius 1 is 1.19 bits per heavy atom. The Morgan fingerprint density at radius 3 is 2.65 bits per heavy atom. The number of nitrogens with zero attached hydrogens (tertiary/aromatic N) is 1. The zero-order chi connectivity index (χ0) is 22.4. The number of amides is 1. The molecule has 0 saturated heterocycles. The van der Waals surface area contributed by atoms with Crippen LogP contribution in [0.15, 0.2) is 36.4 Å². The molecule has 0 fully saturated rings. The highest BCUT2D eigenvalue weighted by molar-refractivity contribution is 6.35. The van der Waals surface area contributed by atoms with E-state index in [0.717, 1.165) is 22.5 Å². The van der Waals surface area contributed by atoms with E-state index < -0.39 is 0 Å². The molecule has 1 heterocycles. The van der Waals surface area contributed by atoms with Crippen LogP contribution in [0.1, 0.15) is 18.2 Å². The maximum atomic E-state index is 11.9.